The Bertz CT molecular complexity index is 530. The van der Waals surface area contributed by atoms with Crippen molar-refractivity contribution in [2.75, 3.05) is 6.61 Å². The quantitative estimate of drug-likeness (QED) is 0.508. The number of carboxylic acids is 1. The van der Waals surface area contributed by atoms with Crippen molar-refractivity contribution in [3.05, 3.63) is 34.3 Å². The topological polar surface area (TPSA) is 80.7 Å². The van der Waals surface area contributed by atoms with Crippen LogP contribution in [-0.2, 0) is 14.3 Å². The van der Waals surface area contributed by atoms with E-state index in [1.165, 1.54) is 0 Å². The number of carboxylic acid groups (broad SMARTS) is 1. The molecule has 0 unspecified atom stereocenters. The number of esters is 1. The van der Waals surface area contributed by atoms with Crippen LogP contribution in [-0.4, -0.2) is 29.4 Å². The van der Waals surface area contributed by atoms with E-state index in [1.807, 2.05) is 0 Å². The molecule has 0 amide bonds. The molecule has 0 radical (unpaired) electrons. The Morgan fingerprint density at radius 3 is 2.26 bits per heavy atom. The highest BCUT2D eigenvalue weighted by Crippen LogP contribution is 2.46. The van der Waals surface area contributed by atoms with Crippen LogP contribution >= 0.6 is 15.9 Å². The molecule has 0 aromatic heterocycles. The molecule has 0 saturated heterocycles. The summed E-state index contributed by atoms with van der Waals surface area (Å²) in [5.41, 5.74) is -1.00. The van der Waals surface area contributed by atoms with Gasteiger partial charge in [0.25, 0.3) is 0 Å². The normalized spacial score (nSPS) is 15.6. The third kappa shape index (κ3) is 2.84. The van der Waals surface area contributed by atoms with Crippen LogP contribution in [0.3, 0.4) is 0 Å². The number of carbonyl (C=O) groups is 3. The highest BCUT2D eigenvalue weighted by molar-refractivity contribution is 9.10. The van der Waals surface area contributed by atoms with E-state index >= 15 is 0 Å². The van der Waals surface area contributed by atoms with Gasteiger partial charge in [-0.15, -0.1) is 0 Å². The molecule has 0 aliphatic heterocycles. The van der Waals surface area contributed by atoms with E-state index in [4.69, 9.17) is 9.84 Å². The molecule has 1 N–H and O–H groups in total. The van der Waals surface area contributed by atoms with Gasteiger partial charge in [-0.05, 0) is 25.0 Å². The van der Waals surface area contributed by atoms with E-state index in [0.717, 1.165) is 4.47 Å². The first-order valence-corrected chi connectivity index (χ1v) is 6.44. The zero-order valence-electron chi connectivity index (χ0n) is 9.89. The predicted octanol–water partition coefficient (Wildman–Crippen LogP) is 2.04. The first-order valence-electron chi connectivity index (χ1n) is 5.65. The minimum Gasteiger partial charge on any atom is -0.480 e. The molecule has 0 heterocycles. The van der Waals surface area contributed by atoms with E-state index in [1.54, 1.807) is 24.3 Å². The van der Waals surface area contributed by atoms with Gasteiger partial charge in [-0.1, -0.05) is 28.1 Å². The largest absolute Gasteiger partial charge is 0.480 e. The predicted molar refractivity (Wildman–Crippen MR) is 68.7 cm³/mol. The highest BCUT2D eigenvalue weighted by atomic mass is 79.9. The van der Waals surface area contributed by atoms with E-state index < -0.39 is 24.0 Å². The van der Waals surface area contributed by atoms with Gasteiger partial charge in [0.2, 0.25) is 0 Å². The Hall–Kier alpha value is -1.69. The zero-order valence-corrected chi connectivity index (χ0v) is 11.5. The third-order valence-electron chi connectivity index (χ3n) is 3.05. The monoisotopic (exact) mass is 326 g/mol. The minimum absolute atomic E-state index is 0.271. The van der Waals surface area contributed by atoms with Crippen molar-refractivity contribution in [3.63, 3.8) is 0 Å². The molecule has 0 bridgehead atoms. The molecule has 6 heteroatoms. The second-order valence-electron chi connectivity index (χ2n) is 4.39. The average molecular weight is 327 g/mol. The van der Waals surface area contributed by atoms with Crippen LogP contribution in [0.1, 0.15) is 23.2 Å². The smallest absolute Gasteiger partial charge is 0.323 e. The first kappa shape index (κ1) is 13.7. The average Bonchev–Trinajstić information content (AvgIpc) is 3.17. The Balaban J connectivity index is 1.92. The van der Waals surface area contributed by atoms with E-state index in [9.17, 15) is 14.4 Å². The van der Waals surface area contributed by atoms with Gasteiger partial charge in [0.05, 0.1) is 0 Å². The van der Waals surface area contributed by atoms with Gasteiger partial charge < -0.3 is 9.84 Å². The van der Waals surface area contributed by atoms with Gasteiger partial charge in [-0.3, -0.25) is 14.4 Å². The molecule has 2 rings (SSSR count). The SMILES string of the molecule is O=C(COC(=O)C1(C(=O)O)CC1)c1ccc(Br)cc1. The number of hydrogen-bond acceptors (Lipinski definition) is 4. The fraction of sp³-hybridized carbons (Fsp3) is 0.308. The van der Waals surface area contributed by atoms with Crippen molar-refractivity contribution in [3.8, 4) is 0 Å². The molecule has 1 saturated carbocycles. The van der Waals surface area contributed by atoms with Crippen molar-refractivity contribution in [2.24, 2.45) is 5.41 Å². The summed E-state index contributed by atoms with van der Waals surface area (Å²) in [4.78, 5) is 34.2. The molecular weight excluding hydrogens is 316 g/mol. The molecule has 1 aliphatic rings. The van der Waals surface area contributed by atoms with Crippen LogP contribution in [0.5, 0.6) is 0 Å². The van der Waals surface area contributed by atoms with E-state index in [-0.39, 0.29) is 18.6 Å². The summed E-state index contributed by atoms with van der Waals surface area (Å²) >= 11 is 3.25. The van der Waals surface area contributed by atoms with Crippen LogP contribution in [0.25, 0.3) is 0 Å². The van der Waals surface area contributed by atoms with Crippen molar-refractivity contribution < 1.29 is 24.2 Å². The van der Waals surface area contributed by atoms with Crippen molar-refractivity contribution in [2.45, 2.75) is 12.8 Å². The highest BCUT2D eigenvalue weighted by Gasteiger charge is 2.58. The van der Waals surface area contributed by atoms with Gasteiger partial charge in [-0.25, -0.2) is 0 Å². The van der Waals surface area contributed by atoms with E-state index in [0.29, 0.717) is 5.56 Å². The lowest BCUT2D eigenvalue weighted by molar-refractivity contribution is -0.160. The second-order valence-corrected chi connectivity index (χ2v) is 5.31. The second kappa shape index (κ2) is 5.13. The number of benzene rings is 1. The number of halogens is 1. The Morgan fingerprint density at radius 1 is 1.21 bits per heavy atom. The molecule has 1 aromatic rings. The molecular formula is C13H11BrO5. The maximum atomic E-state index is 11.7. The molecule has 19 heavy (non-hydrogen) atoms. The standard InChI is InChI=1S/C13H11BrO5/c14-9-3-1-8(2-4-9)10(15)7-19-12(18)13(5-6-13)11(16)17/h1-4H,5-7H2,(H,16,17). The summed E-state index contributed by atoms with van der Waals surface area (Å²) in [6, 6.07) is 6.61. The Morgan fingerprint density at radius 2 is 1.79 bits per heavy atom. The summed E-state index contributed by atoms with van der Waals surface area (Å²) in [5, 5.41) is 8.90. The fourth-order valence-electron chi connectivity index (χ4n) is 1.62. The molecule has 1 fully saturated rings. The lowest BCUT2D eigenvalue weighted by atomic mass is 10.1. The molecule has 0 spiro atoms. The number of rotatable bonds is 5. The number of hydrogen-bond donors (Lipinski definition) is 1. The van der Waals surface area contributed by atoms with Crippen LogP contribution < -0.4 is 0 Å². The van der Waals surface area contributed by atoms with Crippen LogP contribution in [0.15, 0.2) is 28.7 Å². The fourth-order valence-corrected chi connectivity index (χ4v) is 1.88. The molecule has 0 atom stereocenters. The minimum atomic E-state index is -1.42. The summed E-state index contributed by atoms with van der Waals surface area (Å²) < 4.78 is 5.63. The van der Waals surface area contributed by atoms with Crippen LogP contribution in [0.2, 0.25) is 0 Å². The molecule has 100 valence electrons. The van der Waals surface area contributed by atoms with E-state index in [2.05, 4.69) is 15.9 Å². The van der Waals surface area contributed by atoms with Crippen molar-refractivity contribution in [1.29, 1.82) is 0 Å². The van der Waals surface area contributed by atoms with Gasteiger partial charge >= 0.3 is 11.9 Å². The summed E-state index contributed by atoms with van der Waals surface area (Å²) in [5.74, 6) is -2.37. The Labute approximate surface area is 117 Å². The number of ketones is 1. The summed E-state index contributed by atoms with van der Waals surface area (Å²) in [7, 11) is 0. The zero-order chi connectivity index (χ0) is 14.0. The Kier molecular flexibility index (Phi) is 3.71. The molecule has 5 nitrogen and oxygen atoms in total. The summed E-state index contributed by atoms with van der Waals surface area (Å²) in [6.07, 6.45) is 0.543. The van der Waals surface area contributed by atoms with Gasteiger partial charge in [0.15, 0.2) is 17.8 Å². The maximum Gasteiger partial charge on any atom is 0.323 e. The van der Waals surface area contributed by atoms with Crippen molar-refractivity contribution in [1.82, 2.24) is 0 Å². The number of aliphatic carboxylic acids is 1. The molecule has 1 aliphatic carbocycles. The van der Waals surface area contributed by atoms with Crippen molar-refractivity contribution >= 4 is 33.7 Å². The number of Topliss-reactive ketones (excluding diaryl/α,β-unsaturated/α-hetero) is 1. The molecule has 1 aromatic carbocycles. The number of carbonyl (C=O) groups excluding carboxylic acids is 2. The maximum absolute atomic E-state index is 11.7. The van der Waals surface area contributed by atoms with Crippen LogP contribution in [0, 0.1) is 5.41 Å². The van der Waals surface area contributed by atoms with Gasteiger partial charge in [0, 0.05) is 10.0 Å². The lowest BCUT2D eigenvalue weighted by Gasteiger charge is -2.09. The summed E-state index contributed by atoms with van der Waals surface area (Å²) in [6.45, 7) is -0.435. The number of ether oxygens (including phenoxy) is 1. The van der Waals surface area contributed by atoms with Crippen LogP contribution in [0.4, 0.5) is 0 Å². The van der Waals surface area contributed by atoms with Gasteiger partial charge in [-0.2, -0.15) is 0 Å². The third-order valence-corrected chi connectivity index (χ3v) is 3.58. The lowest BCUT2D eigenvalue weighted by Crippen LogP contribution is -2.29. The van der Waals surface area contributed by atoms with Gasteiger partial charge in [0.1, 0.15) is 0 Å². The first-order chi connectivity index (χ1) is 8.95.